The Morgan fingerprint density at radius 2 is 1.35 bits per heavy atom. The Bertz CT molecular complexity index is 729. The van der Waals surface area contributed by atoms with E-state index in [2.05, 4.69) is 16.1 Å². The summed E-state index contributed by atoms with van der Waals surface area (Å²) in [5.74, 6) is 0. The van der Waals surface area contributed by atoms with Crippen LogP contribution in [-0.2, 0) is 10.0 Å². The molecule has 20 heavy (non-hydrogen) atoms. The van der Waals surface area contributed by atoms with Crippen LogP contribution in [0, 0.1) is 11.3 Å². The van der Waals surface area contributed by atoms with Crippen molar-refractivity contribution in [3.63, 3.8) is 0 Å². The Morgan fingerprint density at radius 1 is 0.900 bits per heavy atom. The van der Waals surface area contributed by atoms with Gasteiger partial charge in [0.1, 0.15) is 0 Å². The first kappa shape index (κ1) is 13.9. The molecule has 5 nitrogen and oxygen atoms in total. The number of nitriles is 1. The van der Waals surface area contributed by atoms with Crippen molar-refractivity contribution in [2.45, 2.75) is 0 Å². The lowest BCUT2D eigenvalue weighted by Crippen LogP contribution is -2.09. The van der Waals surface area contributed by atoms with Crippen molar-refractivity contribution in [2.24, 2.45) is 0 Å². The van der Waals surface area contributed by atoms with Crippen LogP contribution in [0.1, 0.15) is 5.56 Å². The van der Waals surface area contributed by atoms with Gasteiger partial charge in [0.05, 0.1) is 17.9 Å². The van der Waals surface area contributed by atoms with Gasteiger partial charge in [0, 0.05) is 17.1 Å². The number of sulfonamides is 1. The van der Waals surface area contributed by atoms with Crippen molar-refractivity contribution in [2.75, 3.05) is 16.3 Å². The molecule has 2 aromatic rings. The van der Waals surface area contributed by atoms with Crippen molar-refractivity contribution in [1.82, 2.24) is 0 Å². The van der Waals surface area contributed by atoms with Gasteiger partial charge in [0.15, 0.2) is 0 Å². The monoisotopic (exact) mass is 287 g/mol. The molecule has 0 atom stereocenters. The molecular formula is C14H13N3O2S. The lowest BCUT2D eigenvalue weighted by Gasteiger charge is -2.08. The fourth-order valence-electron chi connectivity index (χ4n) is 1.63. The minimum absolute atomic E-state index is 0.512. The van der Waals surface area contributed by atoms with Gasteiger partial charge < -0.3 is 5.32 Å². The van der Waals surface area contributed by atoms with Crippen LogP contribution in [0.4, 0.5) is 17.1 Å². The summed E-state index contributed by atoms with van der Waals surface area (Å²) in [4.78, 5) is 0. The summed E-state index contributed by atoms with van der Waals surface area (Å²) in [5, 5.41) is 11.9. The van der Waals surface area contributed by atoms with E-state index in [0.717, 1.165) is 17.6 Å². The molecule has 0 unspecified atom stereocenters. The van der Waals surface area contributed by atoms with E-state index >= 15 is 0 Å². The molecular weight excluding hydrogens is 274 g/mol. The highest BCUT2D eigenvalue weighted by Gasteiger charge is 2.01. The van der Waals surface area contributed by atoms with E-state index in [1.165, 1.54) is 0 Å². The summed E-state index contributed by atoms with van der Waals surface area (Å²) in [7, 11) is -3.26. The van der Waals surface area contributed by atoms with E-state index in [-0.39, 0.29) is 0 Å². The zero-order chi connectivity index (χ0) is 14.6. The van der Waals surface area contributed by atoms with Crippen LogP contribution in [-0.4, -0.2) is 14.7 Å². The van der Waals surface area contributed by atoms with Crippen molar-refractivity contribution in [3.05, 3.63) is 54.1 Å². The van der Waals surface area contributed by atoms with E-state index in [1.807, 2.05) is 0 Å². The van der Waals surface area contributed by atoms with Crippen LogP contribution < -0.4 is 10.0 Å². The first-order valence-corrected chi connectivity index (χ1v) is 7.70. The standard InChI is InChI=1S/C14H13N3O2S/c1-20(18,19)17-14-8-6-13(7-9-14)16-12-4-2-11(10-15)3-5-12/h2-9,16-17H,1H3. The van der Waals surface area contributed by atoms with Gasteiger partial charge in [0.25, 0.3) is 0 Å². The molecule has 0 radical (unpaired) electrons. The van der Waals surface area contributed by atoms with Crippen LogP contribution in [0.5, 0.6) is 0 Å². The lowest BCUT2D eigenvalue weighted by atomic mass is 10.2. The molecule has 0 aliphatic carbocycles. The maximum atomic E-state index is 11.1. The van der Waals surface area contributed by atoms with Gasteiger partial charge in [-0.2, -0.15) is 5.26 Å². The topological polar surface area (TPSA) is 82.0 Å². The first-order chi connectivity index (χ1) is 9.46. The summed E-state index contributed by atoms with van der Waals surface area (Å²) in [6, 6.07) is 16.0. The zero-order valence-electron chi connectivity index (χ0n) is 10.8. The number of nitrogens with one attached hydrogen (secondary N) is 2. The predicted octanol–water partition coefficient (Wildman–Crippen LogP) is 2.67. The minimum Gasteiger partial charge on any atom is -0.356 e. The molecule has 2 N–H and O–H groups in total. The van der Waals surface area contributed by atoms with Gasteiger partial charge >= 0.3 is 0 Å². The van der Waals surface area contributed by atoms with E-state index in [1.54, 1.807) is 48.5 Å². The highest BCUT2D eigenvalue weighted by atomic mass is 32.2. The van der Waals surface area contributed by atoms with Crippen molar-refractivity contribution < 1.29 is 8.42 Å². The maximum Gasteiger partial charge on any atom is 0.229 e. The second kappa shape index (κ2) is 5.63. The minimum atomic E-state index is -3.26. The number of nitrogens with zero attached hydrogens (tertiary/aromatic N) is 1. The average Bonchev–Trinajstić information content (AvgIpc) is 2.40. The van der Waals surface area contributed by atoms with Gasteiger partial charge in [-0.05, 0) is 48.5 Å². The fraction of sp³-hybridized carbons (Fsp3) is 0.0714. The Kier molecular flexibility index (Phi) is 3.91. The third kappa shape index (κ3) is 4.00. The van der Waals surface area contributed by atoms with E-state index in [4.69, 9.17) is 5.26 Å². The van der Waals surface area contributed by atoms with Gasteiger partial charge in [-0.1, -0.05) is 0 Å². The molecule has 0 aliphatic rings. The van der Waals surface area contributed by atoms with Crippen LogP contribution in [0.2, 0.25) is 0 Å². The molecule has 0 amide bonds. The van der Waals surface area contributed by atoms with Crippen LogP contribution >= 0.6 is 0 Å². The van der Waals surface area contributed by atoms with Crippen molar-refractivity contribution >= 4 is 27.1 Å². The summed E-state index contributed by atoms with van der Waals surface area (Å²) in [6.07, 6.45) is 1.11. The van der Waals surface area contributed by atoms with E-state index < -0.39 is 10.0 Å². The SMILES string of the molecule is CS(=O)(=O)Nc1ccc(Nc2ccc(C#N)cc2)cc1. The number of rotatable bonds is 4. The second-order valence-corrected chi connectivity index (χ2v) is 6.01. The molecule has 0 saturated carbocycles. The van der Waals surface area contributed by atoms with Crippen LogP contribution in [0.25, 0.3) is 0 Å². The summed E-state index contributed by atoms with van der Waals surface area (Å²) < 4.78 is 24.6. The average molecular weight is 287 g/mol. The molecule has 2 rings (SSSR count). The summed E-state index contributed by atoms with van der Waals surface area (Å²) in [5.41, 5.74) is 2.79. The molecule has 0 heterocycles. The maximum absolute atomic E-state index is 11.1. The summed E-state index contributed by atoms with van der Waals surface area (Å²) >= 11 is 0. The lowest BCUT2D eigenvalue weighted by molar-refractivity contribution is 0.607. The molecule has 0 bridgehead atoms. The van der Waals surface area contributed by atoms with Crippen molar-refractivity contribution in [3.8, 4) is 6.07 Å². The molecule has 0 spiro atoms. The first-order valence-electron chi connectivity index (χ1n) is 5.81. The molecule has 2 aromatic carbocycles. The molecule has 6 heteroatoms. The van der Waals surface area contributed by atoms with Gasteiger partial charge in [-0.25, -0.2) is 8.42 Å². The number of anilines is 3. The fourth-order valence-corrected chi connectivity index (χ4v) is 2.19. The summed E-state index contributed by atoms with van der Waals surface area (Å²) in [6.45, 7) is 0. The van der Waals surface area contributed by atoms with Crippen LogP contribution in [0.3, 0.4) is 0 Å². The largest absolute Gasteiger partial charge is 0.356 e. The third-order valence-corrected chi connectivity index (χ3v) is 3.10. The third-order valence-electron chi connectivity index (χ3n) is 2.49. The number of hydrogen-bond acceptors (Lipinski definition) is 4. The second-order valence-electron chi connectivity index (χ2n) is 4.27. The number of hydrogen-bond donors (Lipinski definition) is 2. The molecule has 0 aromatic heterocycles. The normalized spacial score (nSPS) is 10.6. The Morgan fingerprint density at radius 3 is 1.80 bits per heavy atom. The molecule has 0 saturated heterocycles. The Balaban J connectivity index is 2.08. The van der Waals surface area contributed by atoms with Gasteiger partial charge in [-0.15, -0.1) is 0 Å². The molecule has 0 fully saturated rings. The highest BCUT2D eigenvalue weighted by Crippen LogP contribution is 2.19. The highest BCUT2D eigenvalue weighted by molar-refractivity contribution is 7.92. The van der Waals surface area contributed by atoms with Crippen molar-refractivity contribution in [1.29, 1.82) is 5.26 Å². The Hall–Kier alpha value is -2.52. The van der Waals surface area contributed by atoms with E-state index in [9.17, 15) is 8.42 Å². The van der Waals surface area contributed by atoms with Crippen LogP contribution in [0.15, 0.2) is 48.5 Å². The van der Waals surface area contributed by atoms with Gasteiger partial charge in [0.2, 0.25) is 10.0 Å². The van der Waals surface area contributed by atoms with Gasteiger partial charge in [-0.3, -0.25) is 4.72 Å². The molecule has 0 aliphatic heterocycles. The quantitative estimate of drug-likeness (QED) is 0.905. The smallest absolute Gasteiger partial charge is 0.229 e. The van der Waals surface area contributed by atoms with E-state index in [0.29, 0.717) is 11.3 Å². The molecule has 102 valence electrons. The zero-order valence-corrected chi connectivity index (χ0v) is 11.6. The Labute approximate surface area is 117 Å². The predicted molar refractivity (Wildman–Crippen MR) is 79.3 cm³/mol. The number of benzene rings is 2.